The van der Waals surface area contributed by atoms with Crippen LogP contribution in [0.5, 0.6) is 0 Å². The number of nitrogens with zero attached hydrogens (tertiary/aromatic N) is 1. The van der Waals surface area contributed by atoms with Crippen LogP contribution < -0.4 is 0 Å². The molecule has 0 saturated carbocycles. The van der Waals surface area contributed by atoms with Gasteiger partial charge in [-0.3, -0.25) is 10.1 Å². The summed E-state index contributed by atoms with van der Waals surface area (Å²) in [6.45, 7) is -0.564. The molecule has 1 aromatic rings. The van der Waals surface area contributed by atoms with E-state index in [2.05, 4.69) is 0 Å². The van der Waals surface area contributed by atoms with Crippen LogP contribution in [-0.4, -0.2) is 16.6 Å². The first-order valence-electron chi connectivity index (χ1n) is 3.65. The lowest BCUT2D eigenvalue weighted by Gasteiger charge is -2.04. The van der Waals surface area contributed by atoms with Crippen molar-refractivity contribution in [1.29, 1.82) is 0 Å². The van der Waals surface area contributed by atoms with E-state index < -0.39 is 23.4 Å². The van der Waals surface area contributed by atoms with Crippen LogP contribution in [0, 0.1) is 15.9 Å². The summed E-state index contributed by atoms with van der Waals surface area (Å²) in [6, 6.07) is 4.95. The van der Waals surface area contributed by atoms with Crippen molar-refractivity contribution in [2.24, 2.45) is 0 Å². The van der Waals surface area contributed by atoms with E-state index in [-0.39, 0.29) is 0 Å². The quantitative estimate of drug-likeness (QED) is 0.567. The molecule has 0 aliphatic carbocycles. The molecule has 5 heteroatoms. The lowest BCUT2D eigenvalue weighted by atomic mass is 10.1. The average molecular weight is 185 g/mol. The zero-order chi connectivity index (χ0) is 9.84. The molecule has 4 nitrogen and oxygen atoms in total. The molecule has 1 rings (SSSR count). The van der Waals surface area contributed by atoms with Gasteiger partial charge < -0.3 is 5.11 Å². The minimum Gasteiger partial charge on any atom is -0.382 e. The Morgan fingerprint density at radius 2 is 2.00 bits per heavy atom. The van der Waals surface area contributed by atoms with Crippen LogP contribution in [0.2, 0.25) is 0 Å². The molecule has 0 fully saturated rings. The second kappa shape index (κ2) is 3.95. The van der Waals surface area contributed by atoms with Crippen molar-refractivity contribution < 1.29 is 14.4 Å². The van der Waals surface area contributed by atoms with E-state index in [1.54, 1.807) is 0 Å². The highest BCUT2D eigenvalue weighted by atomic mass is 19.1. The van der Waals surface area contributed by atoms with Crippen LogP contribution in [0.25, 0.3) is 0 Å². The van der Waals surface area contributed by atoms with Gasteiger partial charge in [0.2, 0.25) is 6.54 Å². The fraction of sp³-hybridized carbons (Fsp3) is 0.250. The number of hydrogen-bond donors (Lipinski definition) is 1. The van der Waals surface area contributed by atoms with E-state index in [0.29, 0.717) is 5.56 Å². The van der Waals surface area contributed by atoms with Crippen molar-refractivity contribution in [2.75, 3.05) is 6.54 Å². The Bertz CT molecular complexity index is 299. The van der Waals surface area contributed by atoms with Gasteiger partial charge in [0.15, 0.2) is 0 Å². The Balaban J connectivity index is 2.71. The van der Waals surface area contributed by atoms with Gasteiger partial charge in [-0.1, -0.05) is 12.1 Å². The Kier molecular flexibility index (Phi) is 2.92. The molecule has 1 atom stereocenters. The predicted molar refractivity (Wildman–Crippen MR) is 43.2 cm³/mol. The number of halogens is 1. The third-order valence-corrected chi connectivity index (χ3v) is 1.58. The third-order valence-electron chi connectivity index (χ3n) is 1.58. The van der Waals surface area contributed by atoms with E-state index in [1.807, 2.05) is 0 Å². The van der Waals surface area contributed by atoms with Crippen LogP contribution in [0.4, 0.5) is 4.39 Å². The highest BCUT2D eigenvalue weighted by molar-refractivity contribution is 5.18. The molecule has 0 heterocycles. The first-order valence-corrected chi connectivity index (χ1v) is 3.65. The molecule has 0 aromatic heterocycles. The van der Waals surface area contributed by atoms with Gasteiger partial charge in [0.25, 0.3) is 0 Å². The number of hydrogen-bond acceptors (Lipinski definition) is 3. The average Bonchev–Trinajstić information content (AvgIpc) is 2.04. The SMILES string of the molecule is O=[N+]([O-])C[C@@H](O)c1ccc(F)cc1. The molecule has 0 unspecified atom stereocenters. The standard InChI is InChI=1S/C8H8FNO3/c9-7-3-1-6(2-4-7)8(11)5-10(12)13/h1-4,8,11H,5H2/t8-/m1/s1. The van der Waals surface area contributed by atoms with Crippen molar-refractivity contribution in [3.05, 3.63) is 45.8 Å². The largest absolute Gasteiger partial charge is 0.382 e. The minimum atomic E-state index is -1.17. The smallest absolute Gasteiger partial charge is 0.233 e. The van der Waals surface area contributed by atoms with Crippen molar-refractivity contribution in [3.63, 3.8) is 0 Å². The predicted octanol–water partition coefficient (Wildman–Crippen LogP) is 1.14. The van der Waals surface area contributed by atoms with Crippen LogP contribution in [-0.2, 0) is 0 Å². The molecular formula is C8H8FNO3. The van der Waals surface area contributed by atoms with E-state index in [9.17, 15) is 19.6 Å². The summed E-state index contributed by atoms with van der Waals surface area (Å²) in [4.78, 5) is 9.40. The maximum atomic E-state index is 12.4. The Labute approximate surface area is 73.8 Å². The van der Waals surface area contributed by atoms with Crippen LogP contribution >= 0.6 is 0 Å². The van der Waals surface area contributed by atoms with Gasteiger partial charge in [0.1, 0.15) is 11.9 Å². The van der Waals surface area contributed by atoms with Crippen molar-refractivity contribution in [3.8, 4) is 0 Å². The zero-order valence-corrected chi connectivity index (χ0v) is 6.68. The third kappa shape index (κ3) is 2.79. The number of rotatable bonds is 3. The summed E-state index contributed by atoms with van der Waals surface area (Å²) >= 11 is 0. The summed E-state index contributed by atoms with van der Waals surface area (Å²) < 4.78 is 12.4. The van der Waals surface area contributed by atoms with Crippen molar-refractivity contribution >= 4 is 0 Å². The van der Waals surface area contributed by atoms with Crippen molar-refractivity contribution in [2.45, 2.75) is 6.10 Å². The molecule has 0 amide bonds. The molecule has 70 valence electrons. The van der Waals surface area contributed by atoms with E-state index in [0.717, 1.165) is 12.1 Å². The lowest BCUT2D eigenvalue weighted by Crippen LogP contribution is -2.11. The highest BCUT2D eigenvalue weighted by Crippen LogP contribution is 2.12. The van der Waals surface area contributed by atoms with Gasteiger partial charge in [-0.05, 0) is 17.7 Å². The van der Waals surface area contributed by atoms with Gasteiger partial charge in [-0.15, -0.1) is 0 Å². The molecule has 0 aliphatic heterocycles. The Morgan fingerprint density at radius 3 is 2.46 bits per heavy atom. The Morgan fingerprint density at radius 1 is 1.46 bits per heavy atom. The van der Waals surface area contributed by atoms with E-state index >= 15 is 0 Å². The summed E-state index contributed by atoms with van der Waals surface area (Å²) in [5, 5.41) is 19.2. The molecule has 0 bridgehead atoms. The first-order chi connectivity index (χ1) is 6.09. The van der Waals surface area contributed by atoms with Gasteiger partial charge in [-0.25, -0.2) is 4.39 Å². The Hall–Kier alpha value is -1.49. The van der Waals surface area contributed by atoms with E-state index in [4.69, 9.17) is 0 Å². The van der Waals surface area contributed by atoms with Crippen molar-refractivity contribution in [1.82, 2.24) is 0 Å². The first kappa shape index (κ1) is 9.60. The lowest BCUT2D eigenvalue weighted by molar-refractivity contribution is -0.491. The number of benzene rings is 1. The molecule has 1 N–H and O–H groups in total. The van der Waals surface area contributed by atoms with Crippen LogP contribution in [0.15, 0.2) is 24.3 Å². The molecule has 13 heavy (non-hydrogen) atoms. The fourth-order valence-electron chi connectivity index (χ4n) is 0.932. The zero-order valence-electron chi connectivity index (χ0n) is 6.68. The molecule has 0 spiro atoms. The molecule has 0 radical (unpaired) electrons. The number of nitro groups is 1. The summed E-state index contributed by atoms with van der Waals surface area (Å²) in [6.07, 6.45) is -1.17. The summed E-state index contributed by atoms with van der Waals surface area (Å²) in [7, 11) is 0. The second-order valence-corrected chi connectivity index (χ2v) is 2.58. The van der Waals surface area contributed by atoms with Crippen LogP contribution in [0.3, 0.4) is 0 Å². The molecule has 1 aromatic carbocycles. The molecular weight excluding hydrogens is 177 g/mol. The monoisotopic (exact) mass is 185 g/mol. The summed E-state index contributed by atoms with van der Waals surface area (Å²) in [5.74, 6) is -0.433. The van der Waals surface area contributed by atoms with Crippen LogP contribution in [0.1, 0.15) is 11.7 Å². The maximum absolute atomic E-state index is 12.4. The molecule has 0 saturated heterocycles. The normalized spacial score (nSPS) is 12.5. The van der Waals surface area contributed by atoms with Gasteiger partial charge >= 0.3 is 0 Å². The van der Waals surface area contributed by atoms with E-state index in [1.165, 1.54) is 12.1 Å². The number of aliphatic hydroxyl groups excluding tert-OH is 1. The minimum absolute atomic E-state index is 0.345. The van der Waals surface area contributed by atoms with Gasteiger partial charge in [0, 0.05) is 4.92 Å². The van der Waals surface area contributed by atoms with Gasteiger partial charge in [0.05, 0.1) is 0 Å². The fourth-order valence-corrected chi connectivity index (χ4v) is 0.932. The molecule has 0 aliphatic rings. The maximum Gasteiger partial charge on any atom is 0.233 e. The summed E-state index contributed by atoms with van der Waals surface area (Å²) in [5.41, 5.74) is 0.345. The van der Waals surface area contributed by atoms with Gasteiger partial charge in [-0.2, -0.15) is 0 Å². The highest BCUT2D eigenvalue weighted by Gasteiger charge is 2.13. The second-order valence-electron chi connectivity index (χ2n) is 2.58. The topological polar surface area (TPSA) is 63.4 Å². The number of aliphatic hydroxyl groups is 1.